The number of rotatable bonds is 9. The third-order valence-electron chi connectivity index (χ3n) is 3.81. The number of hydrogen-bond acceptors (Lipinski definition) is 4. The molecular formula is C22H27NO4. The van der Waals surface area contributed by atoms with Crippen molar-refractivity contribution >= 4 is 17.6 Å². The fourth-order valence-electron chi connectivity index (χ4n) is 2.25. The Morgan fingerprint density at radius 1 is 0.963 bits per heavy atom. The Morgan fingerprint density at radius 3 is 2.19 bits per heavy atom. The first-order chi connectivity index (χ1) is 13.0. The first-order valence-electron chi connectivity index (χ1n) is 9.31. The van der Waals surface area contributed by atoms with Crippen LogP contribution in [0.15, 0.2) is 48.5 Å². The second-order valence-corrected chi connectivity index (χ2v) is 6.75. The summed E-state index contributed by atoms with van der Waals surface area (Å²) in [5, 5.41) is 2.81. The summed E-state index contributed by atoms with van der Waals surface area (Å²) in [6, 6.07) is 13.7. The van der Waals surface area contributed by atoms with Crippen molar-refractivity contribution in [2.45, 2.75) is 33.6 Å². The molecule has 0 bridgehead atoms. The molecule has 0 saturated heterocycles. The number of nitrogens with one attached hydrogen (secondary N) is 1. The number of unbranched alkanes of at least 4 members (excludes halogenated alkanes) is 1. The quantitative estimate of drug-likeness (QED) is 0.503. The van der Waals surface area contributed by atoms with Gasteiger partial charge in [0.25, 0.3) is 5.91 Å². The Bertz CT molecular complexity index is 736. The highest BCUT2D eigenvalue weighted by Crippen LogP contribution is 2.16. The summed E-state index contributed by atoms with van der Waals surface area (Å²) in [5.74, 6) is 0.619. The van der Waals surface area contributed by atoms with E-state index in [0.29, 0.717) is 35.9 Å². The highest BCUT2D eigenvalue weighted by molar-refractivity contribution is 6.04. The second-order valence-electron chi connectivity index (χ2n) is 6.75. The molecule has 0 radical (unpaired) electrons. The van der Waals surface area contributed by atoms with Crippen LogP contribution < -0.4 is 10.1 Å². The lowest BCUT2D eigenvalue weighted by Crippen LogP contribution is -2.12. The van der Waals surface area contributed by atoms with Crippen LogP contribution in [-0.2, 0) is 4.74 Å². The number of hydrogen-bond donors (Lipinski definition) is 1. The van der Waals surface area contributed by atoms with Crippen LogP contribution in [0.25, 0.3) is 0 Å². The molecule has 5 nitrogen and oxygen atoms in total. The molecule has 0 aliphatic heterocycles. The average Bonchev–Trinajstić information content (AvgIpc) is 2.67. The van der Waals surface area contributed by atoms with Gasteiger partial charge in [0.2, 0.25) is 0 Å². The minimum Gasteiger partial charge on any atom is -0.493 e. The van der Waals surface area contributed by atoms with Crippen molar-refractivity contribution < 1.29 is 19.1 Å². The maximum Gasteiger partial charge on any atom is 0.338 e. The van der Waals surface area contributed by atoms with E-state index in [1.165, 1.54) is 0 Å². The maximum atomic E-state index is 12.3. The lowest BCUT2D eigenvalue weighted by Gasteiger charge is -2.10. The summed E-state index contributed by atoms with van der Waals surface area (Å²) < 4.78 is 10.8. The topological polar surface area (TPSA) is 64.6 Å². The van der Waals surface area contributed by atoms with Crippen LogP contribution in [-0.4, -0.2) is 25.1 Å². The van der Waals surface area contributed by atoms with Crippen LogP contribution in [0.3, 0.4) is 0 Å². The normalized spacial score (nSPS) is 10.5. The number of anilines is 1. The molecule has 2 aromatic rings. The average molecular weight is 369 g/mol. The number of ether oxygens (including phenoxy) is 2. The highest BCUT2D eigenvalue weighted by atomic mass is 16.5. The van der Waals surface area contributed by atoms with E-state index in [1.54, 1.807) is 48.5 Å². The molecule has 0 aliphatic carbocycles. The third-order valence-corrected chi connectivity index (χ3v) is 3.81. The van der Waals surface area contributed by atoms with Gasteiger partial charge in [0.15, 0.2) is 0 Å². The number of benzene rings is 2. The molecule has 0 aliphatic rings. The molecule has 0 unspecified atom stereocenters. The first-order valence-corrected chi connectivity index (χ1v) is 9.31. The summed E-state index contributed by atoms with van der Waals surface area (Å²) in [7, 11) is 0. The van der Waals surface area contributed by atoms with Crippen molar-refractivity contribution in [3.8, 4) is 5.75 Å². The van der Waals surface area contributed by atoms with Crippen LogP contribution >= 0.6 is 0 Å². The van der Waals surface area contributed by atoms with Crippen LogP contribution in [0.1, 0.15) is 54.3 Å². The van der Waals surface area contributed by atoms with Gasteiger partial charge in [-0.15, -0.1) is 0 Å². The van der Waals surface area contributed by atoms with Gasteiger partial charge in [-0.2, -0.15) is 0 Å². The van der Waals surface area contributed by atoms with E-state index in [0.717, 1.165) is 18.6 Å². The van der Waals surface area contributed by atoms with Gasteiger partial charge >= 0.3 is 5.97 Å². The van der Waals surface area contributed by atoms with E-state index in [2.05, 4.69) is 19.2 Å². The van der Waals surface area contributed by atoms with Gasteiger partial charge in [-0.1, -0.05) is 27.2 Å². The molecule has 27 heavy (non-hydrogen) atoms. The molecule has 0 saturated carbocycles. The Kier molecular flexibility index (Phi) is 7.86. The van der Waals surface area contributed by atoms with Crippen LogP contribution in [0.5, 0.6) is 5.75 Å². The molecule has 1 N–H and O–H groups in total. The SMILES string of the molecule is CCCCOC(=O)c1ccc(NC(=O)c2ccc(OCC(C)C)cc2)cc1. The Labute approximate surface area is 160 Å². The number of carbonyl (C=O) groups excluding carboxylic acids is 2. The second kappa shape index (κ2) is 10.4. The molecule has 2 rings (SSSR count). The molecule has 0 atom stereocenters. The number of esters is 1. The van der Waals surface area contributed by atoms with Crippen molar-refractivity contribution in [3.05, 3.63) is 59.7 Å². The maximum absolute atomic E-state index is 12.3. The van der Waals surface area contributed by atoms with Gasteiger partial charge < -0.3 is 14.8 Å². The fourth-order valence-corrected chi connectivity index (χ4v) is 2.25. The molecule has 0 heterocycles. The van der Waals surface area contributed by atoms with Crippen molar-refractivity contribution in [1.29, 1.82) is 0 Å². The predicted octanol–water partition coefficient (Wildman–Crippen LogP) is 4.93. The van der Waals surface area contributed by atoms with E-state index in [1.807, 2.05) is 6.92 Å². The zero-order valence-electron chi connectivity index (χ0n) is 16.2. The monoisotopic (exact) mass is 369 g/mol. The van der Waals surface area contributed by atoms with Crippen molar-refractivity contribution in [3.63, 3.8) is 0 Å². The molecule has 1 amide bonds. The summed E-state index contributed by atoms with van der Waals surface area (Å²) in [6.07, 6.45) is 1.82. The first kappa shape index (κ1) is 20.5. The fraction of sp³-hybridized carbons (Fsp3) is 0.364. The van der Waals surface area contributed by atoms with Crippen molar-refractivity contribution in [2.75, 3.05) is 18.5 Å². The van der Waals surface area contributed by atoms with Crippen LogP contribution in [0.2, 0.25) is 0 Å². The lowest BCUT2D eigenvalue weighted by molar-refractivity contribution is 0.0499. The van der Waals surface area contributed by atoms with E-state index in [-0.39, 0.29) is 11.9 Å². The van der Waals surface area contributed by atoms with Crippen molar-refractivity contribution in [1.82, 2.24) is 0 Å². The van der Waals surface area contributed by atoms with Crippen molar-refractivity contribution in [2.24, 2.45) is 5.92 Å². The largest absolute Gasteiger partial charge is 0.493 e. The zero-order valence-corrected chi connectivity index (χ0v) is 16.2. The van der Waals surface area contributed by atoms with E-state index >= 15 is 0 Å². The van der Waals surface area contributed by atoms with E-state index in [9.17, 15) is 9.59 Å². The van der Waals surface area contributed by atoms with Gasteiger partial charge in [-0.3, -0.25) is 4.79 Å². The van der Waals surface area contributed by atoms with Crippen LogP contribution in [0.4, 0.5) is 5.69 Å². The smallest absolute Gasteiger partial charge is 0.338 e. The van der Waals surface area contributed by atoms with Gasteiger partial charge in [-0.25, -0.2) is 4.79 Å². The van der Waals surface area contributed by atoms with Gasteiger partial charge in [0.05, 0.1) is 18.8 Å². The molecule has 2 aromatic carbocycles. The van der Waals surface area contributed by atoms with Gasteiger partial charge in [0, 0.05) is 11.3 Å². The molecule has 144 valence electrons. The Morgan fingerprint density at radius 2 is 1.59 bits per heavy atom. The zero-order chi connectivity index (χ0) is 19.6. The molecular weight excluding hydrogens is 342 g/mol. The predicted molar refractivity (Wildman–Crippen MR) is 106 cm³/mol. The minimum absolute atomic E-state index is 0.219. The molecule has 5 heteroatoms. The Balaban J connectivity index is 1.90. The standard InChI is InChI=1S/C22H27NO4/c1-4-5-14-26-22(25)18-6-10-19(11-7-18)23-21(24)17-8-12-20(13-9-17)27-15-16(2)3/h6-13,16H,4-5,14-15H2,1-3H3,(H,23,24). The molecule has 0 aromatic heterocycles. The van der Waals surface area contributed by atoms with Crippen LogP contribution in [0, 0.1) is 5.92 Å². The summed E-state index contributed by atoms with van der Waals surface area (Å²) >= 11 is 0. The number of carbonyl (C=O) groups is 2. The van der Waals surface area contributed by atoms with Gasteiger partial charge in [-0.05, 0) is 60.9 Å². The van der Waals surface area contributed by atoms with E-state index < -0.39 is 0 Å². The Hall–Kier alpha value is -2.82. The minimum atomic E-state index is -0.349. The summed E-state index contributed by atoms with van der Waals surface area (Å²) in [4.78, 5) is 24.2. The summed E-state index contributed by atoms with van der Waals surface area (Å²) in [6.45, 7) is 7.26. The third kappa shape index (κ3) is 6.77. The lowest BCUT2D eigenvalue weighted by atomic mass is 10.1. The van der Waals surface area contributed by atoms with E-state index in [4.69, 9.17) is 9.47 Å². The molecule has 0 fully saturated rings. The number of amides is 1. The molecule has 0 spiro atoms. The highest BCUT2D eigenvalue weighted by Gasteiger charge is 2.09. The summed E-state index contributed by atoms with van der Waals surface area (Å²) in [5.41, 5.74) is 1.62. The van der Waals surface area contributed by atoms with Gasteiger partial charge in [0.1, 0.15) is 5.75 Å².